The van der Waals surface area contributed by atoms with Crippen LogP contribution in [0.1, 0.15) is 13.8 Å². The van der Waals surface area contributed by atoms with Crippen molar-refractivity contribution >= 4 is 0 Å². The number of nitrogens with zero attached hydrogens (tertiary/aromatic N) is 1. The maximum atomic E-state index is 5.54. The standard InChI is InChI=1S/C8H20N2O/c1-7(2)11-6-8(5-9)10(3)4/h7-8H,5-6,9H2,1-4H3. The molecule has 2 N–H and O–H groups in total. The molecule has 0 aliphatic carbocycles. The van der Waals surface area contributed by atoms with E-state index in [-0.39, 0.29) is 0 Å². The van der Waals surface area contributed by atoms with Crippen LogP contribution >= 0.6 is 0 Å². The molecular formula is C8H20N2O. The molecule has 0 bridgehead atoms. The topological polar surface area (TPSA) is 38.5 Å². The van der Waals surface area contributed by atoms with Crippen LogP contribution in [0.15, 0.2) is 0 Å². The smallest absolute Gasteiger partial charge is 0.0637 e. The summed E-state index contributed by atoms with van der Waals surface area (Å²) in [5, 5.41) is 0. The maximum Gasteiger partial charge on any atom is 0.0637 e. The number of hydrogen-bond donors (Lipinski definition) is 1. The zero-order valence-electron chi connectivity index (χ0n) is 8.00. The van der Waals surface area contributed by atoms with Crippen LogP contribution in [0.3, 0.4) is 0 Å². The number of rotatable bonds is 5. The second kappa shape index (κ2) is 5.52. The molecular weight excluding hydrogens is 140 g/mol. The molecule has 0 spiro atoms. The molecule has 1 unspecified atom stereocenters. The summed E-state index contributed by atoms with van der Waals surface area (Å²) in [6.07, 6.45) is 0.295. The van der Waals surface area contributed by atoms with Crippen molar-refractivity contribution in [3.63, 3.8) is 0 Å². The summed E-state index contributed by atoms with van der Waals surface area (Å²) < 4.78 is 5.43. The largest absolute Gasteiger partial charge is 0.377 e. The van der Waals surface area contributed by atoms with Gasteiger partial charge in [-0.25, -0.2) is 0 Å². The third-order valence-corrected chi connectivity index (χ3v) is 1.62. The summed E-state index contributed by atoms with van der Waals surface area (Å²) in [7, 11) is 4.03. The molecule has 11 heavy (non-hydrogen) atoms. The molecule has 0 saturated carbocycles. The van der Waals surface area contributed by atoms with Gasteiger partial charge in [0.2, 0.25) is 0 Å². The van der Waals surface area contributed by atoms with Crippen molar-refractivity contribution in [3.8, 4) is 0 Å². The van der Waals surface area contributed by atoms with Crippen LogP contribution in [-0.4, -0.2) is 44.3 Å². The van der Waals surface area contributed by atoms with Crippen LogP contribution in [0.25, 0.3) is 0 Å². The highest BCUT2D eigenvalue weighted by atomic mass is 16.5. The molecule has 0 aromatic heterocycles. The van der Waals surface area contributed by atoms with Crippen LogP contribution in [-0.2, 0) is 4.74 Å². The van der Waals surface area contributed by atoms with Crippen LogP contribution < -0.4 is 5.73 Å². The average Bonchev–Trinajstić information content (AvgIpc) is 1.87. The third kappa shape index (κ3) is 5.18. The van der Waals surface area contributed by atoms with Crippen molar-refractivity contribution in [2.45, 2.75) is 26.0 Å². The summed E-state index contributed by atoms with van der Waals surface area (Å²) in [4.78, 5) is 2.09. The Kier molecular flexibility index (Phi) is 5.46. The Morgan fingerprint density at radius 1 is 1.36 bits per heavy atom. The van der Waals surface area contributed by atoms with Crippen molar-refractivity contribution in [2.24, 2.45) is 5.73 Å². The molecule has 0 heterocycles. The van der Waals surface area contributed by atoms with Gasteiger partial charge >= 0.3 is 0 Å². The van der Waals surface area contributed by atoms with Gasteiger partial charge in [0.1, 0.15) is 0 Å². The summed E-state index contributed by atoms with van der Waals surface area (Å²) in [6, 6.07) is 0.345. The number of nitrogens with two attached hydrogens (primary N) is 1. The number of likely N-dealkylation sites (N-methyl/N-ethyl adjacent to an activating group) is 1. The van der Waals surface area contributed by atoms with Crippen molar-refractivity contribution in [2.75, 3.05) is 27.2 Å². The first-order valence-electron chi connectivity index (χ1n) is 4.06. The first kappa shape index (κ1) is 10.9. The van der Waals surface area contributed by atoms with E-state index in [0.717, 1.165) is 6.61 Å². The number of hydrogen-bond acceptors (Lipinski definition) is 3. The molecule has 68 valence electrons. The van der Waals surface area contributed by atoms with Gasteiger partial charge in [-0.05, 0) is 27.9 Å². The third-order valence-electron chi connectivity index (χ3n) is 1.62. The normalized spacial score (nSPS) is 14.5. The Morgan fingerprint density at radius 2 is 1.91 bits per heavy atom. The summed E-state index contributed by atoms with van der Waals surface area (Å²) >= 11 is 0. The minimum Gasteiger partial charge on any atom is -0.377 e. The van der Waals surface area contributed by atoms with Gasteiger partial charge in [0.25, 0.3) is 0 Å². The molecule has 0 radical (unpaired) electrons. The van der Waals surface area contributed by atoms with E-state index >= 15 is 0 Å². The van der Waals surface area contributed by atoms with Gasteiger partial charge < -0.3 is 15.4 Å². The molecule has 0 aromatic carbocycles. The van der Waals surface area contributed by atoms with Crippen LogP contribution in [0.4, 0.5) is 0 Å². The van der Waals surface area contributed by atoms with Gasteiger partial charge in [0.05, 0.1) is 12.7 Å². The fourth-order valence-electron chi connectivity index (χ4n) is 0.731. The summed E-state index contributed by atoms with van der Waals surface area (Å²) in [5.41, 5.74) is 5.54. The lowest BCUT2D eigenvalue weighted by Crippen LogP contribution is -2.39. The van der Waals surface area contributed by atoms with Crippen molar-refractivity contribution in [1.82, 2.24) is 4.90 Å². The molecule has 0 aromatic rings. The van der Waals surface area contributed by atoms with Gasteiger partial charge in [-0.15, -0.1) is 0 Å². The quantitative estimate of drug-likeness (QED) is 0.628. The van der Waals surface area contributed by atoms with Gasteiger partial charge in [0, 0.05) is 12.6 Å². The van der Waals surface area contributed by atoms with Crippen molar-refractivity contribution in [3.05, 3.63) is 0 Å². The monoisotopic (exact) mass is 160 g/mol. The van der Waals surface area contributed by atoms with Crippen molar-refractivity contribution in [1.29, 1.82) is 0 Å². The Bertz CT molecular complexity index is 94.1. The van der Waals surface area contributed by atoms with Crippen LogP contribution in [0.2, 0.25) is 0 Å². The maximum absolute atomic E-state index is 5.54. The number of ether oxygens (including phenoxy) is 1. The summed E-state index contributed by atoms with van der Waals surface area (Å²) in [6.45, 7) is 5.44. The van der Waals surface area contributed by atoms with E-state index in [1.165, 1.54) is 0 Å². The highest BCUT2D eigenvalue weighted by molar-refractivity contribution is 4.65. The molecule has 3 heteroatoms. The zero-order chi connectivity index (χ0) is 8.85. The lowest BCUT2D eigenvalue weighted by Gasteiger charge is -2.23. The lowest BCUT2D eigenvalue weighted by atomic mass is 10.3. The van der Waals surface area contributed by atoms with Gasteiger partial charge in [-0.1, -0.05) is 0 Å². The fourth-order valence-corrected chi connectivity index (χ4v) is 0.731. The van der Waals surface area contributed by atoms with Crippen molar-refractivity contribution < 1.29 is 4.74 Å². The van der Waals surface area contributed by atoms with E-state index in [4.69, 9.17) is 10.5 Å². The first-order chi connectivity index (χ1) is 5.07. The minimum absolute atomic E-state index is 0.295. The zero-order valence-corrected chi connectivity index (χ0v) is 8.00. The summed E-state index contributed by atoms with van der Waals surface area (Å²) in [5.74, 6) is 0. The average molecular weight is 160 g/mol. The van der Waals surface area contributed by atoms with Gasteiger partial charge in [-0.3, -0.25) is 0 Å². The van der Waals surface area contributed by atoms with Gasteiger partial charge in [-0.2, -0.15) is 0 Å². The molecule has 0 rings (SSSR count). The molecule has 1 atom stereocenters. The first-order valence-corrected chi connectivity index (χ1v) is 4.06. The molecule has 0 saturated heterocycles. The fraction of sp³-hybridized carbons (Fsp3) is 1.00. The molecule has 3 nitrogen and oxygen atoms in total. The molecule has 0 fully saturated rings. The predicted octanol–water partition coefficient (Wildman–Crippen LogP) is 0.300. The SMILES string of the molecule is CC(C)OCC(CN)N(C)C. The van der Waals surface area contributed by atoms with E-state index < -0.39 is 0 Å². The highest BCUT2D eigenvalue weighted by Crippen LogP contribution is 1.95. The molecule has 0 aliphatic heterocycles. The van der Waals surface area contributed by atoms with E-state index in [0.29, 0.717) is 18.7 Å². The van der Waals surface area contributed by atoms with Gasteiger partial charge in [0.15, 0.2) is 0 Å². The Labute approximate surface area is 69.5 Å². The Balaban J connectivity index is 3.52. The predicted molar refractivity (Wildman–Crippen MR) is 47.6 cm³/mol. The molecule has 0 aliphatic rings. The Morgan fingerprint density at radius 3 is 2.18 bits per heavy atom. The van der Waals surface area contributed by atoms with E-state index in [9.17, 15) is 0 Å². The minimum atomic E-state index is 0.295. The molecule has 0 amide bonds. The van der Waals surface area contributed by atoms with E-state index in [1.807, 2.05) is 27.9 Å². The van der Waals surface area contributed by atoms with Crippen LogP contribution in [0, 0.1) is 0 Å². The second-order valence-corrected chi connectivity index (χ2v) is 3.24. The Hall–Kier alpha value is -0.120. The lowest BCUT2D eigenvalue weighted by molar-refractivity contribution is 0.0407. The highest BCUT2D eigenvalue weighted by Gasteiger charge is 2.09. The van der Waals surface area contributed by atoms with E-state index in [2.05, 4.69) is 4.90 Å². The van der Waals surface area contributed by atoms with E-state index in [1.54, 1.807) is 0 Å². The second-order valence-electron chi connectivity index (χ2n) is 3.24. The van der Waals surface area contributed by atoms with Crippen LogP contribution in [0.5, 0.6) is 0 Å².